The fourth-order valence-electron chi connectivity index (χ4n) is 2.76. The molecule has 0 bridgehead atoms. The topological polar surface area (TPSA) is 91.0 Å². The Labute approximate surface area is 150 Å². The molecular weight excluding hydrogens is 396 g/mol. The minimum absolute atomic E-state index is 0.352. The van der Waals surface area contributed by atoms with Crippen LogP contribution in [0.5, 0.6) is 0 Å². The van der Waals surface area contributed by atoms with Crippen LogP contribution in [0.4, 0.5) is 0 Å². The summed E-state index contributed by atoms with van der Waals surface area (Å²) in [5.41, 5.74) is 0. The molecule has 1 saturated carbocycles. The van der Waals surface area contributed by atoms with Crippen LogP contribution >= 0.6 is 27.7 Å². The highest BCUT2D eigenvalue weighted by Crippen LogP contribution is 2.33. The summed E-state index contributed by atoms with van der Waals surface area (Å²) in [5, 5.41) is 16.8. The van der Waals surface area contributed by atoms with Crippen LogP contribution in [0.1, 0.15) is 49.8 Å². The number of thioether (sulfide) groups is 1. The summed E-state index contributed by atoms with van der Waals surface area (Å²) in [6.07, 6.45) is 6.06. The lowest BCUT2D eigenvalue weighted by Gasteiger charge is -2.17. The summed E-state index contributed by atoms with van der Waals surface area (Å²) in [4.78, 5) is 0. The first-order valence-corrected chi connectivity index (χ1v) is 9.60. The minimum Gasteiger partial charge on any atom is -0.444 e. The van der Waals surface area contributed by atoms with Gasteiger partial charge in [0.2, 0.25) is 11.8 Å². The highest BCUT2D eigenvalue weighted by Gasteiger charge is 2.21. The summed E-state index contributed by atoms with van der Waals surface area (Å²) < 4.78 is 17.4. The van der Waals surface area contributed by atoms with Crippen molar-refractivity contribution < 1.29 is 13.3 Å². The molecule has 126 valence electrons. The van der Waals surface area contributed by atoms with E-state index in [1.165, 1.54) is 31.0 Å². The molecular formula is C15H15BrN4O3S. The fraction of sp³-hybridized carbons (Fsp3) is 0.467. The third-order valence-electron chi connectivity index (χ3n) is 3.95. The molecule has 0 spiro atoms. The van der Waals surface area contributed by atoms with Gasteiger partial charge in [0.15, 0.2) is 10.4 Å². The Hall–Kier alpha value is -1.61. The molecule has 0 atom stereocenters. The monoisotopic (exact) mass is 410 g/mol. The minimum atomic E-state index is 0.352. The van der Waals surface area contributed by atoms with E-state index < -0.39 is 0 Å². The molecule has 24 heavy (non-hydrogen) atoms. The zero-order valence-electron chi connectivity index (χ0n) is 12.8. The Balaban J connectivity index is 1.37. The van der Waals surface area contributed by atoms with E-state index in [1.54, 1.807) is 12.1 Å². The SMILES string of the molecule is Brc1ccc(-c2nnc(CSc3nnc(C4CCCCC4)o3)o2)o1. The quantitative estimate of drug-likeness (QED) is 0.552. The molecule has 3 aromatic rings. The van der Waals surface area contributed by atoms with Crippen molar-refractivity contribution in [2.24, 2.45) is 0 Å². The Kier molecular flexibility index (Phi) is 4.70. The molecule has 3 aromatic heterocycles. The second kappa shape index (κ2) is 7.10. The van der Waals surface area contributed by atoms with Gasteiger partial charge < -0.3 is 13.3 Å². The number of furan rings is 1. The Bertz CT molecular complexity index is 809. The number of hydrogen-bond donors (Lipinski definition) is 0. The van der Waals surface area contributed by atoms with Gasteiger partial charge in [-0.05, 0) is 40.9 Å². The summed E-state index contributed by atoms with van der Waals surface area (Å²) >= 11 is 4.64. The van der Waals surface area contributed by atoms with Crippen molar-refractivity contribution in [1.29, 1.82) is 0 Å². The van der Waals surface area contributed by atoms with Crippen molar-refractivity contribution >= 4 is 27.7 Å². The molecule has 0 aliphatic heterocycles. The van der Waals surface area contributed by atoms with E-state index in [4.69, 9.17) is 13.3 Å². The van der Waals surface area contributed by atoms with Gasteiger partial charge in [-0.1, -0.05) is 31.0 Å². The third kappa shape index (κ3) is 3.56. The van der Waals surface area contributed by atoms with Gasteiger partial charge in [0, 0.05) is 5.92 Å². The lowest BCUT2D eigenvalue weighted by atomic mass is 9.89. The van der Waals surface area contributed by atoms with Crippen LogP contribution in [0, 0.1) is 0 Å². The highest BCUT2D eigenvalue weighted by molar-refractivity contribution is 9.10. The number of nitrogens with zero attached hydrogens (tertiary/aromatic N) is 4. The van der Waals surface area contributed by atoms with E-state index in [1.807, 2.05) is 0 Å². The lowest BCUT2D eigenvalue weighted by molar-refractivity contribution is 0.334. The molecule has 0 amide bonds. The largest absolute Gasteiger partial charge is 0.444 e. The molecule has 1 aliphatic rings. The zero-order chi connectivity index (χ0) is 16.4. The Morgan fingerprint density at radius 1 is 1.00 bits per heavy atom. The second-order valence-corrected chi connectivity index (χ2v) is 7.34. The Morgan fingerprint density at radius 3 is 2.67 bits per heavy atom. The molecule has 1 fully saturated rings. The van der Waals surface area contributed by atoms with Gasteiger partial charge in [0.25, 0.3) is 11.1 Å². The summed E-state index contributed by atoms with van der Waals surface area (Å²) in [6.45, 7) is 0. The van der Waals surface area contributed by atoms with E-state index in [0.29, 0.717) is 39.1 Å². The molecule has 0 aromatic carbocycles. The first-order valence-electron chi connectivity index (χ1n) is 7.82. The van der Waals surface area contributed by atoms with E-state index in [0.717, 1.165) is 18.7 Å². The van der Waals surface area contributed by atoms with Gasteiger partial charge in [0.05, 0.1) is 5.75 Å². The van der Waals surface area contributed by atoms with Crippen molar-refractivity contribution in [1.82, 2.24) is 20.4 Å². The van der Waals surface area contributed by atoms with Gasteiger partial charge in [0.1, 0.15) is 0 Å². The van der Waals surface area contributed by atoms with Gasteiger partial charge in [-0.2, -0.15) is 0 Å². The van der Waals surface area contributed by atoms with E-state index in [2.05, 4.69) is 36.3 Å². The predicted octanol–water partition coefficient (Wildman–Crippen LogP) is 4.82. The van der Waals surface area contributed by atoms with Crippen molar-refractivity contribution in [2.75, 3.05) is 0 Å². The maximum Gasteiger partial charge on any atom is 0.283 e. The van der Waals surface area contributed by atoms with Gasteiger partial charge in [-0.15, -0.1) is 20.4 Å². The first-order chi connectivity index (χ1) is 11.8. The van der Waals surface area contributed by atoms with Crippen LogP contribution in [0.3, 0.4) is 0 Å². The summed E-state index contributed by atoms with van der Waals surface area (Å²) in [6, 6.07) is 3.54. The molecule has 4 rings (SSSR count). The van der Waals surface area contributed by atoms with Crippen LogP contribution in [-0.4, -0.2) is 20.4 Å². The smallest absolute Gasteiger partial charge is 0.283 e. The van der Waals surface area contributed by atoms with Crippen molar-refractivity contribution in [3.63, 3.8) is 0 Å². The Morgan fingerprint density at radius 2 is 1.88 bits per heavy atom. The van der Waals surface area contributed by atoms with Gasteiger partial charge in [-0.3, -0.25) is 0 Å². The molecule has 7 nitrogen and oxygen atoms in total. The average molecular weight is 411 g/mol. The van der Waals surface area contributed by atoms with Crippen LogP contribution < -0.4 is 0 Å². The highest BCUT2D eigenvalue weighted by atomic mass is 79.9. The molecule has 1 aliphatic carbocycles. The first kappa shape index (κ1) is 15.9. The van der Waals surface area contributed by atoms with Gasteiger partial charge >= 0.3 is 0 Å². The average Bonchev–Trinajstić information content (AvgIpc) is 3.34. The van der Waals surface area contributed by atoms with E-state index in [9.17, 15) is 0 Å². The molecule has 0 radical (unpaired) electrons. The molecule has 0 saturated heterocycles. The van der Waals surface area contributed by atoms with Crippen LogP contribution in [-0.2, 0) is 5.75 Å². The maximum absolute atomic E-state index is 5.77. The molecule has 3 heterocycles. The fourth-order valence-corrected chi connectivity index (χ4v) is 3.67. The lowest BCUT2D eigenvalue weighted by Crippen LogP contribution is -2.04. The standard InChI is InChI=1S/C15H15BrN4O3S/c16-11-7-6-10(21-11)14-19-17-12(22-14)8-24-15-20-18-13(23-15)9-4-2-1-3-5-9/h6-7,9H,1-5,8H2. The number of hydrogen-bond acceptors (Lipinski definition) is 8. The zero-order valence-corrected chi connectivity index (χ0v) is 15.2. The van der Waals surface area contributed by atoms with Crippen LogP contribution in [0.2, 0.25) is 0 Å². The molecule has 9 heteroatoms. The van der Waals surface area contributed by atoms with Crippen molar-refractivity contribution in [2.45, 2.75) is 49.0 Å². The van der Waals surface area contributed by atoms with Crippen LogP contribution in [0.25, 0.3) is 11.7 Å². The van der Waals surface area contributed by atoms with E-state index in [-0.39, 0.29) is 0 Å². The van der Waals surface area contributed by atoms with E-state index >= 15 is 0 Å². The number of halogens is 1. The predicted molar refractivity (Wildman–Crippen MR) is 89.4 cm³/mol. The normalized spacial score (nSPS) is 15.9. The second-order valence-electron chi connectivity index (χ2n) is 5.63. The van der Waals surface area contributed by atoms with Crippen LogP contribution in [0.15, 0.2) is 35.3 Å². The summed E-state index contributed by atoms with van der Waals surface area (Å²) in [5.74, 6) is 3.01. The third-order valence-corrected chi connectivity index (χ3v) is 5.18. The van der Waals surface area contributed by atoms with Crippen molar-refractivity contribution in [3.05, 3.63) is 28.6 Å². The number of aromatic nitrogens is 4. The molecule has 0 N–H and O–H groups in total. The maximum atomic E-state index is 5.77. The van der Waals surface area contributed by atoms with Gasteiger partial charge in [-0.25, -0.2) is 0 Å². The van der Waals surface area contributed by atoms with Crippen molar-refractivity contribution in [3.8, 4) is 11.7 Å². The summed E-state index contributed by atoms with van der Waals surface area (Å²) in [7, 11) is 0. The molecule has 0 unspecified atom stereocenters. The number of rotatable bonds is 5.